The largest absolute Gasteiger partial charge is 0.307 e. The lowest BCUT2D eigenvalue weighted by atomic mass is 10.0. The number of carbonyl (C=O) groups is 1. The molecule has 142 valence electrons. The highest BCUT2D eigenvalue weighted by Crippen LogP contribution is 2.14. The second-order valence-electron chi connectivity index (χ2n) is 6.98. The zero-order valence-electron chi connectivity index (χ0n) is 16.5. The molecule has 1 amide bonds. The molecule has 0 aliphatic rings. The van der Waals surface area contributed by atoms with Gasteiger partial charge in [0.1, 0.15) is 17.2 Å². The van der Waals surface area contributed by atoms with Crippen LogP contribution in [0.2, 0.25) is 0 Å². The van der Waals surface area contributed by atoms with E-state index in [0.29, 0.717) is 11.4 Å². The first-order chi connectivity index (χ1) is 14.0. The van der Waals surface area contributed by atoms with Gasteiger partial charge in [-0.25, -0.2) is 9.97 Å². The summed E-state index contributed by atoms with van der Waals surface area (Å²) in [7, 11) is 0. The monoisotopic (exact) mass is 380 g/mol. The van der Waals surface area contributed by atoms with Crippen LogP contribution in [0.5, 0.6) is 0 Å². The lowest BCUT2D eigenvalue weighted by Gasteiger charge is -2.07. The van der Waals surface area contributed by atoms with E-state index in [4.69, 9.17) is 0 Å². The Morgan fingerprint density at radius 3 is 2.69 bits per heavy atom. The van der Waals surface area contributed by atoms with Crippen molar-refractivity contribution in [2.75, 3.05) is 5.32 Å². The lowest BCUT2D eigenvalue weighted by Crippen LogP contribution is -2.13. The van der Waals surface area contributed by atoms with Gasteiger partial charge in [-0.15, -0.1) is 0 Å². The Labute approximate surface area is 169 Å². The molecule has 4 rings (SSSR count). The van der Waals surface area contributed by atoms with Crippen LogP contribution in [-0.4, -0.2) is 20.3 Å². The van der Waals surface area contributed by atoms with Crippen LogP contribution in [0.4, 0.5) is 5.82 Å². The number of anilines is 1. The standard InChI is InChI=1S/C24H20N4O/c1-16-10-11-25-22(13-16)27-24(29)20-7-6-17(2)19(14-20)8-9-21-15-26-23-18(3)5-4-12-28(21)23/h4-7,10-15H,1-3H3,(H,25,27,29). The predicted octanol–water partition coefficient (Wildman–Crippen LogP) is 4.31. The van der Waals surface area contributed by atoms with Crippen molar-refractivity contribution in [2.24, 2.45) is 0 Å². The molecule has 5 nitrogen and oxygen atoms in total. The molecule has 29 heavy (non-hydrogen) atoms. The maximum absolute atomic E-state index is 12.6. The average Bonchev–Trinajstić information content (AvgIpc) is 3.12. The quantitative estimate of drug-likeness (QED) is 0.527. The van der Waals surface area contributed by atoms with E-state index in [2.05, 4.69) is 27.1 Å². The van der Waals surface area contributed by atoms with Crippen molar-refractivity contribution in [2.45, 2.75) is 20.8 Å². The third-order valence-electron chi connectivity index (χ3n) is 4.71. The number of fused-ring (bicyclic) bond motifs is 1. The second kappa shape index (κ2) is 7.61. The van der Waals surface area contributed by atoms with Crippen LogP contribution in [-0.2, 0) is 0 Å². The summed E-state index contributed by atoms with van der Waals surface area (Å²) >= 11 is 0. The molecule has 0 saturated heterocycles. The van der Waals surface area contributed by atoms with Gasteiger partial charge in [0.05, 0.1) is 6.20 Å². The average molecular weight is 380 g/mol. The van der Waals surface area contributed by atoms with Gasteiger partial charge in [0, 0.05) is 23.5 Å². The van der Waals surface area contributed by atoms with Gasteiger partial charge in [-0.05, 0) is 73.7 Å². The molecule has 0 saturated carbocycles. The van der Waals surface area contributed by atoms with Crippen LogP contribution in [0, 0.1) is 32.6 Å². The maximum atomic E-state index is 12.6. The summed E-state index contributed by atoms with van der Waals surface area (Å²) in [6.07, 6.45) is 5.39. The number of carbonyl (C=O) groups excluding carboxylic acids is 1. The van der Waals surface area contributed by atoms with E-state index in [1.807, 2.05) is 67.8 Å². The van der Waals surface area contributed by atoms with Crippen molar-refractivity contribution < 1.29 is 4.79 Å². The Balaban J connectivity index is 1.63. The number of amides is 1. The molecule has 0 unspecified atom stereocenters. The highest BCUT2D eigenvalue weighted by Gasteiger charge is 2.09. The van der Waals surface area contributed by atoms with Gasteiger partial charge in [0.2, 0.25) is 0 Å². The molecule has 0 bridgehead atoms. The van der Waals surface area contributed by atoms with Crippen molar-refractivity contribution >= 4 is 17.4 Å². The summed E-state index contributed by atoms with van der Waals surface area (Å²) < 4.78 is 1.97. The Morgan fingerprint density at radius 2 is 1.86 bits per heavy atom. The highest BCUT2D eigenvalue weighted by molar-refractivity contribution is 6.04. The minimum Gasteiger partial charge on any atom is -0.307 e. The van der Waals surface area contributed by atoms with Crippen LogP contribution in [0.3, 0.4) is 0 Å². The summed E-state index contributed by atoms with van der Waals surface area (Å²) in [5.41, 5.74) is 6.19. The van der Waals surface area contributed by atoms with Gasteiger partial charge < -0.3 is 5.32 Å². The second-order valence-corrected chi connectivity index (χ2v) is 6.98. The number of nitrogens with zero attached hydrogens (tertiary/aromatic N) is 3. The number of nitrogens with one attached hydrogen (secondary N) is 1. The van der Waals surface area contributed by atoms with Crippen LogP contribution >= 0.6 is 0 Å². The first-order valence-corrected chi connectivity index (χ1v) is 9.30. The number of imidazole rings is 1. The molecular formula is C24H20N4O. The third-order valence-corrected chi connectivity index (χ3v) is 4.71. The van der Waals surface area contributed by atoms with Gasteiger partial charge in [0.25, 0.3) is 5.91 Å². The summed E-state index contributed by atoms with van der Waals surface area (Å²) in [5.74, 6) is 6.69. The SMILES string of the molecule is Cc1ccnc(NC(=O)c2ccc(C)c(C#Cc3cnc4c(C)cccn34)c2)c1. The summed E-state index contributed by atoms with van der Waals surface area (Å²) in [6, 6.07) is 13.2. The molecule has 0 atom stereocenters. The van der Waals surface area contributed by atoms with Crippen molar-refractivity contribution in [1.82, 2.24) is 14.4 Å². The van der Waals surface area contributed by atoms with E-state index in [0.717, 1.165) is 33.6 Å². The normalized spacial score (nSPS) is 10.4. The van der Waals surface area contributed by atoms with Gasteiger partial charge in [0.15, 0.2) is 0 Å². The zero-order valence-corrected chi connectivity index (χ0v) is 16.5. The first-order valence-electron chi connectivity index (χ1n) is 9.30. The predicted molar refractivity (Wildman–Crippen MR) is 114 cm³/mol. The van der Waals surface area contributed by atoms with Crippen LogP contribution in [0.1, 0.15) is 38.3 Å². The van der Waals surface area contributed by atoms with Gasteiger partial charge in [-0.3, -0.25) is 9.20 Å². The Morgan fingerprint density at radius 1 is 1.00 bits per heavy atom. The molecule has 1 N–H and O–H groups in total. The van der Waals surface area contributed by atoms with E-state index in [-0.39, 0.29) is 5.91 Å². The maximum Gasteiger partial charge on any atom is 0.256 e. The number of rotatable bonds is 2. The van der Waals surface area contributed by atoms with Crippen LogP contribution < -0.4 is 5.32 Å². The van der Waals surface area contributed by atoms with Crippen molar-refractivity contribution in [3.8, 4) is 11.8 Å². The summed E-state index contributed by atoms with van der Waals surface area (Å²) in [6.45, 7) is 5.96. The van der Waals surface area contributed by atoms with Crippen molar-refractivity contribution in [3.63, 3.8) is 0 Å². The molecule has 0 radical (unpaired) electrons. The molecule has 5 heteroatoms. The van der Waals surface area contributed by atoms with E-state index in [1.165, 1.54) is 0 Å². The summed E-state index contributed by atoms with van der Waals surface area (Å²) in [5, 5.41) is 2.83. The molecule has 3 aromatic heterocycles. The molecule has 0 fully saturated rings. The molecule has 0 spiro atoms. The third kappa shape index (κ3) is 3.87. The lowest BCUT2D eigenvalue weighted by molar-refractivity contribution is 0.102. The van der Waals surface area contributed by atoms with Gasteiger partial charge in [-0.1, -0.05) is 18.1 Å². The van der Waals surface area contributed by atoms with Gasteiger partial charge in [-0.2, -0.15) is 0 Å². The van der Waals surface area contributed by atoms with Gasteiger partial charge >= 0.3 is 0 Å². The van der Waals surface area contributed by atoms with Crippen molar-refractivity contribution in [1.29, 1.82) is 0 Å². The van der Waals surface area contributed by atoms with E-state index < -0.39 is 0 Å². The molecule has 4 aromatic rings. The van der Waals surface area contributed by atoms with E-state index >= 15 is 0 Å². The van der Waals surface area contributed by atoms with Crippen LogP contribution in [0.15, 0.2) is 61.1 Å². The number of pyridine rings is 2. The fraction of sp³-hybridized carbons (Fsp3) is 0.125. The zero-order chi connectivity index (χ0) is 20.4. The van der Waals surface area contributed by atoms with E-state index in [1.54, 1.807) is 18.5 Å². The molecular weight excluding hydrogens is 360 g/mol. The smallest absolute Gasteiger partial charge is 0.256 e. The number of aryl methyl sites for hydroxylation is 3. The number of aromatic nitrogens is 3. The van der Waals surface area contributed by atoms with Crippen molar-refractivity contribution in [3.05, 3.63) is 94.6 Å². The minimum atomic E-state index is -0.212. The molecule has 1 aromatic carbocycles. The molecule has 0 aliphatic carbocycles. The Kier molecular flexibility index (Phi) is 4.84. The number of hydrogen-bond acceptors (Lipinski definition) is 3. The first kappa shape index (κ1) is 18.5. The van der Waals surface area contributed by atoms with E-state index in [9.17, 15) is 4.79 Å². The fourth-order valence-corrected chi connectivity index (χ4v) is 3.07. The topological polar surface area (TPSA) is 59.3 Å². The number of benzene rings is 1. The Bertz CT molecular complexity index is 1290. The molecule has 3 heterocycles. The molecule has 0 aliphatic heterocycles. The fourth-order valence-electron chi connectivity index (χ4n) is 3.07. The minimum absolute atomic E-state index is 0.212. The highest BCUT2D eigenvalue weighted by atomic mass is 16.1. The van der Waals surface area contributed by atoms with Crippen LogP contribution in [0.25, 0.3) is 5.65 Å². The Hall–Kier alpha value is -3.91. The summed E-state index contributed by atoms with van der Waals surface area (Å²) in [4.78, 5) is 21.2. The number of hydrogen-bond donors (Lipinski definition) is 1.